The number of nitrogens with one attached hydrogen (secondary N) is 1. The van der Waals surface area contributed by atoms with Crippen molar-refractivity contribution in [1.82, 2.24) is 4.90 Å². The molecule has 1 aliphatic rings. The number of esters is 1. The number of thioether (sulfide) groups is 1. The van der Waals surface area contributed by atoms with Crippen LogP contribution in [0.1, 0.15) is 33.3 Å². The summed E-state index contributed by atoms with van der Waals surface area (Å²) in [5.41, 5.74) is 1.71. The van der Waals surface area contributed by atoms with Gasteiger partial charge in [-0.3, -0.25) is 14.5 Å². The quantitative estimate of drug-likeness (QED) is 0.374. The Bertz CT molecular complexity index is 1090. The van der Waals surface area contributed by atoms with Gasteiger partial charge in [0, 0.05) is 4.88 Å². The van der Waals surface area contributed by atoms with E-state index in [1.54, 1.807) is 32.1 Å². The zero-order chi connectivity index (χ0) is 22.7. The van der Waals surface area contributed by atoms with Crippen molar-refractivity contribution in [3.05, 3.63) is 56.6 Å². The van der Waals surface area contributed by atoms with Crippen molar-refractivity contribution in [2.24, 2.45) is 0 Å². The molecule has 1 aromatic carbocycles. The number of carbonyl (C=O) groups excluding carboxylic acids is 3. The van der Waals surface area contributed by atoms with E-state index >= 15 is 0 Å². The molecule has 1 aromatic heterocycles. The standard InChI is InChI=1S/C21H19FN2O4S3/c1-4-28-20(27)17-11(2)12(3)30-18(17)23-16(25)10-24-19(26)15(31-21(24)29)9-13-5-7-14(22)8-6-13/h5-9H,4,10H2,1-3H3,(H,23,25). The number of ether oxygens (including phenoxy) is 1. The maximum absolute atomic E-state index is 13.1. The number of amides is 2. The molecule has 0 atom stereocenters. The molecule has 10 heteroatoms. The average molecular weight is 479 g/mol. The van der Waals surface area contributed by atoms with Gasteiger partial charge < -0.3 is 10.1 Å². The normalized spacial score (nSPS) is 15.0. The minimum absolute atomic E-state index is 0.220. The predicted octanol–water partition coefficient (Wildman–Crippen LogP) is 4.52. The van der Waals surface area contributed by atoms with Crippen molar-refractivity contribution in [3.8, 4) is 0 Å². The molecule has 0 unspecified atom stereocenters. The minimum Gasteiger partial charge on any atom is -0.462 e. The maximum Gasteiger partial charge on any atom is 0.341 e. The van der Waals surface area contributed by atoms with Crippen LogP contribution in [0.25, 0.3) is 6.08 Å². The molecule has 1 N–H and O–H groups in total. The Morgan fingerprint density at radius 3 is 2.58 bits per heavy atom. The lowest BCUT2D eigenvalue weighted by atomic mass is 10.1. The summed E-state index contributed by atoms with van der Waals surface area (Å²) in [5, 5.41) is 3.09. The van der Waals surface area contributed by atoms with Gasteiger partial charge in [-0.05, 0) is 50.1 Å². The van der Waals surface area contributed by atoms with E-state index in [0.717, 1.165) is 22.2 Å². The number of aryl methyl sites for hydroxylation is 1. The Balaban J connectivity index is 1.73. The Morgan fingerprint density at radius 2 is 1.94 bits per heavy atom. The van der Waals surface area contributed by atoms with Crippen LogP contribution in [0.2, 0.25) is 0 Å². The van der Waals surface area contributed by atoms with E-state index in [-0.39, 0.29) is 23.3 Å². The van der Waals surface area contributed by atoms with Crippen molar-refractivity contribution >= 4 is 68.5 Å². The Hall–Kier alpha value is -2.56. The number of halogens is 1. The van der Waals surface area contributed by atoms with E-state index < -0.39 is 17.8 Å². The van der Waals surface area contributed by atoms with Gasteiger partial charge in [0.1, 0.15) is 21.7 Å². The number of carbonyl (C=O) groups is 3. The highest BCUT2D eigenvalue weighted by Gasteiger charge is 2.34. The topological polar surface area (TPSA) is 75.7 Å². The third-order valence-corrected chi connectivity index (χ3v) is 6.96. The fourth-order valence-corrected chi connectivity index (χ4v) is 5.14. The molecule has 162 valence electrons. The van der Waals surface area contributed by atoms with Crippen LogP contribution in [0.5, 0.6) is 0 Å². The van der Waals surface area contributed by atoms with E-state index in [2.05, 4.69) is 5.32 Å². The second-order valence-electron chi connectivity index (χ2n) is 6.58. The summed E-state index contributed by atoms with van der Waals surface area (Å²) in [5.74, 6) is -1.76. The number of thiophene rings is 1. The predicted molar refractivity (Wildman–Crippen MR) is 125 cm³/mol. The van der Waals surface area contributed by atoms with Gasteiger partial charge in [0.2, 0.25) is 5.91 Å². The van der Waals surface area contributed by atoms with Crippen LogP contribution in [0.4, 0.5) is 9.39 Å². The van der Waals surface area contributed by atoms with Crippen LogP contribution >= 0.6 is 35.3 Å². The van der Waals surface area contributed by atoms with Gasteiger partial charge in [-0.25, -0.2) is 9.18 Å². The molecule has 0 bridgehead atoms. The zero-order valence-electron chi connectivity index (χ0n) is 17.0. The number of thiocarbonyl (C=S) groups is 1. The first-order valence-electron chi connectivity index (χ1n) is 9.29. The first-order chi connectivity index (χ1) is 14.7. The fraction of sp³-hybridized carbons (Fsp3) is 0.238. The first kappa shape index (κ1) is 23.1. The molecule has 2 heterocycles. The molecule has 0 aliphatic carbocycles. The number of benzene rings is 1. The summed E-state index contributed by atoms with van der Waals surface area (Å²) in [6.07, 6.45) is 1.60. The SMILES string of the molecule is CCOC(=O)c1c(NC(=O)CN2C(=O)C(=Cc3ccc(F)cc3)SC2=S)sc(C)c1C. The van der Waals surface area contributed by atoms with Crippen LogP contribution in [-0.4, -0.2) is 40.2 Å². The summed E-state index contributed by atoms with van der Waals surface area (Å²) in [4.78, 5) is 40.1. The van der Waals surface area contributed by atoms with E-state index in [9.17, 15) is 18.8 Å². The lowest BCUT2D eigenvalue weighted by Crippen LogP contribution is -2.36. The molecule has 31 heavy (non-hydrogen) atoms. The molecular weight excluding hydrogens is 459 g/mol. The number of rotatable bonds is 6. The highest BCUT2D eigenvalue weighted by Crippen LogP contribution is 2.34. The molecule has 0 radical (unpaired) electrons. The Labute approximate surface area is 192 Å². The van der Waals surface area contributed by atoms with E-state index in [0.29, 0.717) is 21.0 Å². The summed E-state index contributed by atoms with van der Waals surface area (Å²) in [6.45, 7) is 5.28. The highest BCUT2D eigenvalue weighted by molar-refractivity contribution is 8.26. The average Bonchev–Trinajstić information content (AvgIpc) is 3.13. The second-order valence-corrected chi connectivity index (χ2v) is 9.48. The first-order valence-corrected chi connectivity index (χ1v) is 11.3. The second kappa shape index (κ2) is 9.71. The van der Waals surface area contributed by atoms with Gasteiger partial charge in [-0.15, -0.1) is 11.3 Å². The van der Waals surface area contributed by atoms with Crippen molar-refractivity contribution < 1.29 is 23.5 Å². The Kier molecular flexibility index (Phi) is 7.24. The van der Waals surface area contributed by atoms with Gasteiger partial charge in [0.05, 0.1) is 17.1 Å². The fourth-order valence-electron chi connectivity index (χ4n) is 2.82. The summed E-state index contributed by atoms with van der Waals surface area (Å²) < 4.78 is 18.4. The molecule has 1 aliphatic heterocycles. The van der Waals surface area contributed by atoms with Crippen LogP contribution in [0.15, 0.2) is 29.2 Å². The zero-order valence-corrected chi connectivity index (χ0v) is 19.4. The highest BCUT2D eigenvalue weighted by atomic mass is 32.2. The maximum atomic E-state index is 13.1. The van der Waals surface area contributed by atoms with Crippen molar-refractivity contribution in [2.75, 3.05) is 18.5 Å². The monoisotopic (exact) mass is 478 g/mol. The molecule has 2 amide bonds. The third-order valence-electron chi connectivity index (χ3n) is 4.46. The number of nitrogens with zero attached hydrogens (tertiary/aromatic N) is 1. The molecule has 0 saturated carbocycles. The Morgan fingerprint density at radius 1 is 1.26 bits per heavy atom. The number of anilines is 1. The molecular formula is C21H19FN2O4S3. The van der Waals surface area contributed by atoms with Gasteiger partial charge in [-0.1, -0.05) is 36.1 Å². The van der Waals surface area contributed by atoms with Gasteiger partial charge >= 0.3 is 5.97 Å². The van der Waals surface area contributed by atoms with Gasteiger partial charge in [0.15, 0.2) is 0 Å². The van der Waals surface area contributed by atoms with Gasteiger partial charge in [0.25, 0.3) is 5.91 Å². The lowest BCUT2D eigenvalue weighted by Gasteiger charge is -2.14. The van der Waals surface area contributed by atoms with Crippen molar-refractivity contribution in [1.29, 1.82) is 0 Å². The third kappa shape index (κ3) is 5.20. The number of hydrogen-bond donors (Lipinski definition) is 1. The summed E-state index contributed by atoms with van der Waals surface area (Å²) in [7, 11) is 0. The smallest absolute Gasteiger partial charge is 0.341 e. The summed E-state index contributed by atoms with van der Waals surface area (Å²) in [6, 6.07) is 5.69. The van der Waals surface area contributed by atoms with E-state index in [1.165, 1.54) is 28.4 Å². The minimum atomic E-state index is -0.507. The molecule has 3 rings (SSSR count). The summed E-state index contributed by atoms with van der Waals surface area (Å²) >= 11 is 7.60. The van der Waals surface area contributed by atoms with E-state index in [4.69, 9.17) is 17.0 Å². The van der Waals surface area contributed by atoms with Crippen LogP contribution in [0.3, 0.4) is 0 Å². The van der Waals surface area contributed by atoms with E-state index in [1.807, 2.05) is 6.92 Å². The van der Waals surface area contributed by atoms with Crippen LogP contribution in [-0.2, 0) is 14.3 Å². The van der Waals surface area contributed by atoms with Crippen LogP contribution in [0, 0.1) is 19.7 Å². The lowest BCUT2D eigenvalue weighted by molar-refractivity contribution is -0.126. The van der Waals surface area contributed by atoms with Crippen molar-refractivity contribution in [3.63, 3.8) is 0 Å². The molecule has 1 fully saturated rings. The number of hydrogen-bond acceptors (Lipinski definition) is 7. The molecule has 0 spiro atoms. The van der Waals surface area contributed by atoms with Crippen molar-refractivity contribution in [2.45, 2.75) is 20.8 Å². The largest absolute Gasteiger partial charge is 0.462 e. The van der Waals surface area contributed by atoms with Crippen LogP contribution < -0.4 is 5.32 Å². The molecule has 2 aromatic rings. The van der Waals surface area contributed by atoms with Gasteiger partial charge in [-0.2, -0.15) is 0 Å². The molecule has 6 nitrogen and oxygen atoms in total. The molecule has 1 saturated heterocycles.